The molecule has 0 spiro atoms. The molecule has 6 nitrogen and oxygen atoms in total. The zero-order valence-corrected chi connectivity index (χ0v) is 16.8. The number of rotatable bonds is 9. The van der Waals surface area contributed by atoms with Crippen molar-refractivity contribution in [2.45, 2.75) is 53.2 Å². The van der Waals surface area contributed by atoms with Gasteiger partial charge in [0.2, 0.25) is 5.88 Å². The minimum absolute atomic E-state index is 0.0687. The van der Waals surface area contributed by atoms with E-state index in [0.717, 1.165) is 30.6 Å². The Balaban J connectivity index is 1.86. The Bertz CT molecular complexity index is 562. The lowest BCUT2D eigenvalue weighted by molar-refractivity contribution is 0.0205. The van der Waals surface area contributed by atoms with Crippen LogP contribution in [-0.2, 0) is 11.3 Å². The first-order valence-electron chi connectivity index (χ1n) is 9.55. The molecule has 0 radical (unpaired) electrons. The Labute approximate surface area is 157 Å². The first-order chi connectivity index (χ1) is 12.4. The SMILES string of the molecule is CCNC(=NCc1ccc(OCC2CC2)nc1)NCC(OC)C(C)(C)C. The maximum Gasteiger partial charge on any atom is 0.213 e. The molecule has 1 atom stereocenters. The van der Waals surface area contributed by atoms with Gasteiger partial charge < -0.3 is 20.1 Å². The summed E-state index contributed by atoms with van der Waals surface area (Å²) in [6.45, 7) is 11.4. The summed E-state index contributed by atoms with van der Waals surface area (Å²) in [4.78, 5) is 9.01. The van der Waals surface area contributed by atoms with Crippen molar-refractivity contribution in [2.24, 2.45) is 16.3 Å². The topological polar surface area (TPSA) is 67.8 Å². The summed E-state index contributed by atoms with van der Waals surface area (Å²) in [6, 6.07) is 3.95. The summed E-state index contributed by atoms with van der Waals surface area (Å²) in [6.07, 6.45) is 4.51. The first-order valence-corrected chi connectivity index (χ1v) is 9.55. The fourth-order valence-corrected chi connectivity index (χ4v) is 2.52. The molecular formula is C20H34N4O2. The summed E-state index contributed by atoms with van der Waals surface area (Å²) >= 11 is 0. The molecule has 2 rings (SSSR count). The Morgan fingerprint density at radius 1 is 1.31 bits per heavy atom. The second kappa shape index (κ2) is 9.76. The summed E-state index contributed by atoms with van der Waals surface area (Å²) in [5.74, 6) is 2.22. The van der Waals surface area contributed by atoms with Crippen molar-refractivity contribution in [1.29, 1.82) is 0 Å². The average molecular weight is 363 g/mol. The van der Waals surface area contributed by atoms with Gasteiger partial charge in [0.05, 0.1) is 19.3 Å². The predicted octanol–water partition coefficient (Wildman–Crippen LogP) is 2.99. The third-order valence-corrected chi connectivity index (χ3v) is 4.43. The fourth-order valence-electron chi connectivity index (χ4n) is 2.52. The van der Waals surface area contributed by atoms with E-state index >= 15 is 0 Å². The van der Waals surface area contributed by atoms with Gasteiger partial charge in [-0.15, -0.1) is 0 Å². The molecule has 1 aromatic heterocycles. The van der Waals surface area contributed by atoms with E-state index in [2.05, 4.69) is 48.3 Å². The lowest BCUT2D eigenvalue weighted by atomic mass is 9.89. The van der Waals surface area contributed by atoms with Crippen LogP contribution in [0.2, 0.25) is 0 Å². The molecule has 1 aliphatic carbocycles. The number of aliphatic imine (C=N–C) groups is 1. The maximum absolute atomic E-state index is 5.67. The van der Waals surface area contributed by atoms with Crippen LogP contribution in [-0.4, -0.2) is 43.9 Å². The maximum atomic E-state index is 5.67. The molecule has 0 bridgehead atoms. The van der Waals surface area contributed by atoms with Crippen molar-refractivity contribution in [3.05, 3.63) is 23.9 Å². The Kier molecular flexibility index (Phi) is 7.69. The highest BCUT2D eigenvalue weighted by Gasteiger charge is 2.24. The van der Waals surface area contributed by atoms with Crippen LogP contribution in [0.5, 0.6) is 5.88 Å². The number of nitrogens with zero attached hydrogens (tertiary/aromatic N) is 2. The van der Waals surface area contributed by atoms with Crippen molar-refractivity contribution in [1.82, 2.24) is 15.6 Å². The quantitative estimate of drug-likeness (QED) is 0.522. The molecule has 1 aromatic rings. The fraction of sp³-hybridized carbons (Fsp3) is 0.700. The Morgan fingerprint density at radius 3 is 2.62 bits per heavy atom. The predicted molar refractivity (Wildman–Crippen MR) is 106 cm³/mol. The molecule has 0 amide bonds. The smallest absolute Gasteiger partial charge is 0.213 e. The molecule has 0 aromatic carbocycles. The number of hydrogen-bond donors (Lipinski definition) is 2. The van der Waals surface area contributed by atoms with E-state index in [4.69, 9.17) is 9.47 Å². The van der Waals surface area contributed by atoms with Crippen LogP contribution in [0.25, 0.3) is 0 Å². The zero-order chi connectivity index (χ0) is 19.0. The number of methoxy groups -OCH3 is 1. The third kappa shape index (κ3) is 7.20. The van der Waals surface area contributed by atoms with Gasteiger partial charge in [0.15, 0.2) is 5.96 Å². The highest BCUT2D eigenvalue weighted by Crippen LogP contribution is 2.29. The standard InChI is InChI=1S/C20H34N4O2/c1-6-21-19(24-13-17(25-5)20(2,3)4)23-12-16-9-10-18(22-11-16)26-14-15-7-8-15/h9-11,15,17H,6-8,12-14H2,1-5H3,(H2,21,23,24). The zero-order valence-electron chi connectivity index (χ0n) is 16.8. The van der Waals surface area contributed by atoms with Crippen molar-refractivity contribution in [3.8, 4) is 5.88 Å². The molecule has 1 aliphatic rings. The van der Waals surface area contributed by atoms with Gasteiger partial charge in [0, 0.05) is 32.5 Å². The van der Waals surface area contributed by atoms with E-state index in [0.29, 0.717) is 19.0 Å². The molecule has 0 aliphatic heterocycles. The van der Waals surface area contributed by atoms with Crippen molar-refractivity contribution >= 4 is 5.96 Å². The van der Waals surface area contributed by atoms with E-state index in [1.807, 2.05) is 18.3 Å². The van der Waals surface area contributed by atoms with Gasteiger partial charge in [-0.05, 0) is 36.7 Å². The minimum atomic E-state index is 0.0687. The number of hydrogen-bond acceptors (Lipinski definition) is 4. The number of nitrogens with one attached hydrogen (secondary N) is 2. The summed E-state index contributed by atoms with van der Waals surface area (Å²) in [5.41, 5.74) is 1.12. The molecule has 6 heteroatoms. The Hall–Kier alpha value is -1.82. The minimum Gasteiger partial charge on any atom is -0.477 e. The normalized spacial score (nSPS) is 16.3. The molecule has 1 unspecified atom stereocenters. The number of ether oxygens (including phenoxy) is 2. The number of pyridine rings is 1. The van der Waals surface area contributed by atoms with E-state index < -0.39 is 0 Å². The van der Waals surface area contributed by atoms with Crippen LogP contribution in [0.15, 0.2) is 23.3 Å². The molecule has 2 N–H and O–H groups in total. The summed E-state index contributed by atoms with van der Waals surface area (Å²) in [5, 5.41) is 6.64. The molecular weight excluding hydrogens is 328 g/mol. The van der Waals surface area contributed by atoms with Crippen LogP contribution in [0.1, 0.15) is 46.1 Å². The second-order valence-electron chi connectivity index (χ2n) is 7.93. The lowest BCUT2D eigenvalue weighted by Gasteiger charge is -2.30. The van der Waals surface area contributed by atoms with Crippen molar-refractivity contribution in [2.75, 3.05) is 26.8 Å². The largest absolute Gasteiger partial charge is 0.477 e. The molecule has 26 heavy (non-hydrogen) atoms. The van der Waals surface area contributed by atoms with Gasteiger partial charge in [-0.25, -0.2) is 9.98 Å². The summed E-state index contributed by atoms with van der Waals surface area (Å²) < 4.78 is 11.3. The van der Waals surface area contributed by atoms with Crippen molar-refractivity contribution < 1.29 is 9.47 Å². The van der Waals surface area contributed by atoms with Crippen LogP contribution in [0.3, 0.4) is 0 Å². The van der Waals surface area contributed by atoms with Crippen LogP contribution in [0.4, 0.5) is 0 Å². The van der Waals surface area contributed by atoms with Crippen molar-refractivity contribution in [3.63, 3.8) is 0 Å². The molecule has 1 fully saturated rings. The second-order valence-corrected chi connectivity index (χ2v) is 7.93. The van der Waals surface area contributed by atoms with E-state index in [1.165, 1.54) is 12.8 Å². The molecule has 0 saturated heterocycles. The lowest BCUT2D eigenvalue weighted by Crippen LogP contribution is -2.45. The monoisotopic (exact) mass is 362 g/mol. The average Bonchev–Trinajstić information content (AvgIpc) is 3.42. The van der Waals surface area contributed by atoms with Gasteiger partial charge in [0.1, 0.15) is 0 Å². The first kappa shape index (κ1) is 20.5. The van der Waals surface area contributed by atoms with Gasteiger partial charge in [-0.2, -0.15) is 0 Å². The van der Waals surface area contributed by atoms with E-state index in [1.54, 1.807) is 7.11 Å². The number of aromatic nitrogens is 1. The highest BCUT2D eigenvalue weighted by molar-refractivity contribution is 5.79. The van der Waals surface area contributed by atoms with Crippen LogP contribution >= 0.6 is 0 Å². The summed E-state index contributed by atoms with van der Waals surface area (Å²) in [7, 11) is 1.75. The van der Waals surface area contributed by atoms with Gasteiger partial charge in [-0.1, -0.05) is 26.8 Å². The number of guanidine groups is 1. The molecule has 146 valence electrons. The molecule has 1 heterocycles. The van der Waals surface area contributed by atoms with Gasteiger partial charge >= 0.3 is 0 Å². The Morgan fingerprint density at radius 2 is 2.08 bits per heavy atom. The van der Waals surface area contributed by atoms with Gasteiger partial charge in [0.25, 0.3) is 0 Å². The third-order valence-electron chi connectivity index (χ3n) is 4.43. The van der Waals surface area contributed by atoms with E-state index in [-0.39, 0.29) is 11.5 Å². The van der Waals surface area contributed by atoms with Crippen LogP contribution < -0.4 is 15.4 Å². The van der Waals surface area contributed by atoms with Gasteiger partial charge in [-0.3, -0.25) is 0 Å². The van der Waals surface area contributed by atoms with Crippen LogP contribution in [0, 0.1) is 11.3 Å². The highest BCUT2D eigenvalue weighted by atomic mass is 16.5. The molecule has 1 saturated carbocycles. The van der Waals surface area contributed by atoms with E-state index in [9.17, 15) is 0 Å².